The van der Waals surface area contributed by atoms with E-state index in [9.17, 15) is 4.79 Å². The summed E-state index contributed by atoms with van der Waals surface area (Å²) in [5.74, 6) is -0.127. The van der Waals surface area contributed by atoms with Gasteiger partial charge in [-0.05, 0) is 51.2 Å². The highest BCUT2D eigenvalue weighted by atomic mass is 16.5. The fraction of sp³-hybridized carbons (Fsp3) is 0.909. The molecule has 80 valence electrons. The number of hydrogen-bond donors (Lipinski definition) is 0. The third-order valence-electron chi connectivity index (χ3n) is 3.70. The molecule has 3 heteroatoms. The highest BCUT2D eigenvalue weighted by molar-refractivity contribution is 5.66. The molecule has 0 aromatic rings. The summed E-state index contributed by atoms with van der Waals surface area (Å²) in [5.41, 5.74) is 0.520. The normalized spacial score (nSPS) is 27.3. The van der Waals surface area contributed by atoms with Gasteiger partial charge < -0.3 is 9.64 Å². The van der Waals surface area contributed by atoms with E-state index < -0.39 is 0 Å². The Morgan fingerprint density at radius 3 is 2.43 bits per heavy atom. The maximum absolute atomic E-state index is 10.7. The van der Waals surface area contributed by atoms with Crippen molar-refractivity contribution in [1.29, 1.82) is 0 Å². The molecule has 14 heavy (non-hydrogen) atoms. The quantitative estimate of drug-likeness (QED) is 0.595. The molecule has 0 N–H and O–H groups in total. The fourth-order valence-electron chi connectivity index (χ4n) is 2.73. The first kappa shape index (κ1) is 9.97. The van der Waals surface area contributed by atoms with Gasteiger partial charge in [-0.15, -0.1) is 0 Å². The summed E-state index contributed by atoms with van der Waals surface area (Å²) < 4.78 is 5.19. The lowest BCUT2D eigenvalue weighted by molar-refractivity contribution is -0.161. The fourth-order valence-corrected chi connectivity index (χ4v) is 2.73. The van der Waals surface area contributed by atoms with Crippen LogP contribution < -0.4 is 0 Å². The van der Waals surface area contributed by atoms with Gasteiger partial charge in [0.05, 0.1) is 0 Å². The number of rotatable bonds is 1. The Kier molecular flexibility index (Phi) is 2.52. The monoisotopic (exact) mass is 197 g/mol. The van der Waals surface area contributed by atoms with Gasteiger partial charge in [-0.2, -0.15) is 0 Å². The van der Waals surface area contributed by atoms with Crippen LogP contribution in [0.3, 0.4) is 0 Å². The molecule has 2 rings (SSSR count). The lowest BCUT2D eigenvalue weighted by atomic mass is 9.61. The molecule has 0 radical (unpaired) electrons. The van der Waals surface area contributed by atoms with Gasteiger partial charge in [0, 0.05) is 6.92 Å². The maximum Gasteiger partial charge on any atom is 0.302 e. The number of hydrogen-bond acceptors (Lipinski definition) is 3. The van der Waals surface area contributed by atoms with E-state index >= 15 is 0 Å². The zero-order chi connectivity index (χ0) is 10.2. The zero-order valence-corrected chi connectivity index (χ0v) is 9.08. The van der Waals surface area contributed by atoms with E-state index in [-0.39, 0.29) is 12.1 Å². The number of nitrogens with zero attached hydrogens (tertiary/aromatic N) is 1. The molecule has 1 aliphatic heterocycles. The summed E-state index contributed by atoms with van der Waals surface area (Å²) >= 11 is 0. The van der Waals surface area contributed by atoms with Crippen molar-refractivity contribution in [3.63, 3.8) is 0 Å². The van der Waals surface area contributed by atoms with Crippen LogP contribution in [-0.2, 0) is 9.53 Å². The van der Waals surface area contributed by atoms with Crippen molar-refractivity contribution in [2.75, 3.05) is 20.1 Å². The van der Waals surface area contributed by atoms with E-state index in [4.69, 9.17) is 4.74 Å². The van der Waals surface area contributed by atoms with Crippen LogP contribution in [0.2, 0.25) is 0 Å². The Bertz CT molecular complexity index is 223. The molecule has 1 heterocycles. The Labute approximate surface area is 85.4 Å². The van der Waals surface area contributed by atoms with Gasteiger partial charge in [0.2, 0.25) is 0 Å². The first-order chi connectivity index (χ1) is 6.60. The van der Waals surface area contributed by atoms with E-state index in [1.165, 1.54) is 32.9 Å². The standard InChI is InChI=1S/C11H19NO2/c1-9(13)14-10-7-11(8-10)3-5-12(2)6-4-11/h10H,3-8H2,1-2H3. The summed E-state index contributed by atoms with van der Waals surface area (Å²) in [6.45, 7) is 3.90. The largest absolute Gasteiger partial charge is 0.463 e. The van der Waals surface area contributed by atoms with E-state index in [2.05, 4.69) is 11.9 Å². The van der Waals surface area contributed by atoms with Gasteiger partial charge in [0.15, 0.2) is 0 Å². The molecule has 0 unspecified atom stereocenters. The molecule has 0 atom stereocenters. The van der Waals surface area contributed by atoms with Gasteiger partial charge in [-0.3, -0.25) is 4.79 Å². The molecule has 1 saturated heterocycles. The number of carbonyl (C=O) groups excluding carboxylic acids is 1. The number of ether oxygens (including phenoxy) is 1. The van der Waals surface area contributed by atoms with E-state index in [0.29, 0.717) is 5.41 Å². The van der Waals surface area contributed by atoms with Gasteiger partial charge in [-0.25, -0.2) is 0 Å². The second kappa shape index (κ2) is 3.54. The number of piperidine rings is 1. The molecule has 0 aromatic carbocycles. The minimum absolute atomic E-state index is 0.127. The van der Waals surface area contributed by atoms with Gasteiger partial charge in [0.25, 0.3) is 0 Å². The molecule has 0 bridgehead atoms. The van der Waals surface area contributed by atoms with Crippen molar-refractivity contribution in [3.05, 3.63) is 0 Å². The minimum Gasteiger partial charge on any atom is -0.463 e. The van der Waals surface area contributed by atoms with Crippen molar-refractivity contribution in [2.45, 2.75) is 38.7 Å². The Balaban J connectivity index is 1.78. The number of likely N-dealkylation sites (tertiary alicyclic amines) is 1. The Morgan fingerprint density at radius 1 is 1.36 bits per heavy atom. The topological polar surface area (TPSA) is 29.5 Å². The molecule has 1 aliphatic carbocycles. The van der Waals surface area contributed by atoms with Crippen molar-refractivity contribution in [1.82, 2.24) is 4.90 Å². The average Bonchev–Trinajstić information content (AvgIpc) is 2.05. The van der Waals surface area contributed by atoms with E-state index in [1.807, 2.05) is 0 Å². The molecule has 2 fully saturated rings. The Hall–Kier alpha value is -0.570. The van der Waals surface area contributed by atoms with E-state index in [1.54, 1.807) is 0 Å². The van der Waals surface area contributed by atoms with Crippen LogP contribution in [0.1, 0.15) is 32.6 Å². The summed E-state index contributed by atoms with van der Waals surface area (Å²) in [4.78, 5) is 13.1. The Morgan fingerprint density at radius 2 is 1.93 bits per heavy atom. The molecule has 2 aliphatic rings. The van der Waals surface area contributed by atoms with Gasteiger partial charge in [0.1, 0.15) is 6.10 Å². The molecule has 0 aromatic heterocycles. The van der Waals surface area contributed by atoms with Gasteiger partial charge in [-0.1, -0.05) is 0 Å². The van der Waals surface area contributed by atoms with Crippen LogP contribution in [0.25, 0.3) is 0 Å². The summed E-state index contributed by atoms with van der Waals surface area (Å²) in [5, 5.41) is 0. The highest BCUT2D eigenvalue weighted by Crippen LogP contribution is 2.50. The molecule has 1 spiro atoms. The van der Waals surface area contributed by atoms with E-state index in [0.717, 1.165) is 12.8 Å². The number of esters is 1. The van der Waals surface area contributed by atoms with Crippen molar-refractivity contribution < 1.29 is 9.53 Å². The first-order valence-corrected chi connectivity index (χ1v) is 5.45. The predicted octanol–water partition coefficient (Wildman–Crippen LogP) is 1.42. The summed E-state index contributed by atoms with van der Waals surface area (Å²) in [6.07, 6.45) is 4.97. The molecular weight excluding hydrogens is 178 g/mol. The molecule has 3 nitrogen and oxygen atoms in total. The third kappa shape index (κ3) is 1.92. The maximum atomic E-state index is 10.7. The smallest absolute Gasteiger partial charge is 0.302 e. The van der Waals surface area contributed by atoms with Crippen LogP contribution in [0.5, 0.6) is 0 Å². The predicted molar refractivity (Wildman–Crippen MR) is 54.0 cm³/mol. The lowest BCUT2D eigenvalue weighted by Gasteiger charge is -2.50. The summed E-state index contributed by atoms with van der Waals surface area (Å²) in [6, 6.07) is 0. The number of carbonyl (C=O) groups is 1. The van der Waals surface area contributed by atoms with Crippen molar-refractivity contribution in [2.24, 2.45) is 5.41 Å². The van der Waals surface area contributed by atoms with Crippen LogP contribution in [0.15, 0.2) is 0 Å². The van der Waals surface area contributed by atoms with Crippen LogP contribution >= 0.6 is 0 Å². The van der Waals surface area contributed by atoms with Crippen LogP contribution in [0.4, 0.5) is 0 Å². The first-order valence-electron chi connectivity index (χ1n) is 5.45. The zero-order valence-electron chi connectivity index (χ0n) is 9.08. The summed E-state index contributed by atoms with van der Waals surface area (Å²) in [7, 11) is 2.18. The van der Waals surface area contributed by atoms with Crippen LogP contribution in [-0.4, -0.2) is 37.1 Å². The molecule has 1 saturated carbocycles. The second-order valence-corrected chi connectivity index (χ2v) is 4.94. The van der Waals surface area contributed by atoms with Gasteiger partial charge >= 0.3 is 5.97 Å². The van der Waals surface area contributed by atoms with Crippen LogP contribution in [0, 0.1) is 5.41 Å². The minimum atomic E-state index is -0.127. The SMILES string of the molecule is CC(=O)OC1CC2(CCN(C)CC2)C1. The third-order valence-corrected chi connectivity index (χ3v) is 3.70. The highest BCUT2D eigenvalue weighted by Gasteiger charge is 2.46. The average molecular weight is 197 g/mol. The molecule has 0 amide bonds. The lowest BCUT2D eigenvalue weighted by Crippen LogP contribution is -2.49. The van der Waals surface area contributed by atoms with Crippen molar-refractivity contribution >= 4 is 5.97 Å². The van der Waals surface area contributed by atoms with Crippen molar-refractivity contribution in [3.8, 4) is 0 Å². The molecular formula is C11H19NO2. The second-order valence-electron chi connectivity index (χ2n) is 4.94.